The van der Waals surface area contributed by atoms with Crippen LogP contribution in [0.4, 0.5) is 0 Å². The largest absolute Gasteiger partial charge is 0.480 e. The number of nitrogens with one attached hydrogen (secondary N) is 1. The number of hydrogen-bond acceptors (Lipinski definition) is 4. The SMILES string of the molecule is C#CCOc1ccccc1/C=N\n1c(Cc2cccc3ccccc23)n[nH]c1=S. The van der Waals surface area contributed by atoms with Gasteiger partial charge in [-0.1, -0.05) is 60.5 Å². The summed E-state index contributed by atoms with van der Waals surface area (Å²) in [6, 6.07) is 22.1. The molecule has 142 valence electrons. The first-order chi connectivity index (χ1) is 14.3. The Labute approximate surface area is 173 Å². The lowest BCUT2D eigenvalue weighted by Gasteiger charge is -2.07. The average Bonchev–Trinajstić information content (AvgIpc) is 3.10. The molecule has 6 heteroatoms. The molecule has 0 aliphatic carbocycles. The Morgan fingerprint density at radius 2 is 1.90 bits per heavy atom. The Kier molecular flexibility index (Phi) is 5.50. The third-order valence-electron chi connectivity index (χ3n) is 4.49. The van der Waals surface area contributed by atoms with E-state index in [4.69, 9.17) is 23.4 Å². The van der Waals surface area contributed by atoms with Crippen molar-refractivity contribution in [3.63, 3.8) is 0 Å². The van der Waals surface area contributed by atoms with Crippen LogP contribution >= 0.6 is 12.2 Å². The summed E-state index contributed by atoms with van der Waals surface area (Å²) in [5.41, 5.74) is 1.97. The van der Waals surface area contributed by atoms with Gasteiger partial charge in [0, 0.05) is 12.0 Å². The van der Waals surface area contributed by atoms with Gasteiger partial charge in [0.05, 0.1) is 6.21 Å². The van der Waals surface area contributed by atoms with Gasteiger partial charge in [0.25, 0.3) is 0 Å². The quantitative estimate of drug-likeness (QED) is 0.294. The van der Waals surface area contributed by atoms with E-state index < -0.39 is 0 Å². The molecule has 4 aromatic rings. The van der Waals surface area contributed by atoms with Crippen LogP contribution in [0.1, 0.15) is 17.0 Å². The highest BCUT2D eigenvalue weighted by atomic mass is 32.1. The first-order valence-corrected chi connectivity index (χ1v) is 9.49. The Morgan fingerprint density at radius 1 is 1.10 bits per heavy atom. The summed E-state index contributed by atoms with van der Waals surface area (Å²) in [5, 5.41) is 14.1. The Morgan fingerprint density at radius 3 is 2.79 bits per heavy atom. The Hall–Kier alpha value is -3.69. The highest BCUT2D eigenvalue weighted by Crippen LogP contribution is 2.21. The second-order valence-corrected chi connectivity index (χ2v) is 6.73. The summed E-state index contributed by atoms with van der Waals surface area (Å²) in [7, 11) is 0. The molecule has 0 amide bonds. The maximum atomic E-state index is 5.57. The summed E-state index contributed by atoms with van der Waals surface area (Å²) in [6.07, 6.45) is 7.59. The second kappa shape index (κ2) is 8.55. The third-order valence-corrected chi connectivity index (χ3v) is 4.75. The molecular weight excluding hydrogens is 380 g/mol. The number of aromatic amines is 1. The van der Waals surface area contributed by atoms with E-state index in [1.54, 1.807) is 10.9 Å². The van der Waals surface area contributed by atoms with E-state index >= 15 is 0 Å². The number of hydrogen-bond donors (Lipinski definition) is 1. The zero-order valence-electron chi connectivity index (χ0n) is 15.6. The van der Waals surface area contributed by atoms with Gasteiger partial charge in [-0.05, 0) is 40.7 Å². The van der Waals surface area contributed by atoms with E-state index in [9.17, 15) is 0 Å². The van der Waals surface area contributed by atoms with Crippen LogP contribution in [-0.2, 0) is 6.42 Å². The van der Waals surface area contributed by atoms with Gasteiger partial charge < -0.3 is 4.74 Å². The molecule has 0 saturated heterocycles. The molecular formula is C23H18N4OS. The van der Waals surface area contributed by atoms with Gasteiger partial charge in [-0.3, -0.25) is 5.10 Å². The summed E-state index contributed by atoms with van der Waals surface area (Å²) in [4.78, 5) is 0. The van der Waals surface area contributed by atoms with Crippen LogP contribution < -0.4 is 4.74 Å². The molecule has 0 spiro atoms. The van der Waals surface area contributed by atoms with E-state index in [0.717, 1.165) is 17.0 Å². The van der Waals surface area contributed by atoms with Crippen molar-refractivity contribution in [1.82, 2.24) is 14.9 Å². The van der Waals surface area contributed by atoms with Crippen LogP contribution in [0, 0.1) is 17.1 Å². The predicted molar refractivity (Wildman–Crippen MR) is 118 cm³/mol. The monoisotopic (exact) mass is 398 g/mol. The van der Waals surface area contributed by atoms with Crippen molar-refractivity contribution in [2.45, 2.75) is 6.42 Å². The number of ether oxygens (including phenoxy) is 1. The summed E-state index contributed by atoms with van der Waals surface area (Å²) < 4.78 is 7.64. The first-order valence-electron chi connectivity index (χ1n) is 9.09. The van der Waals surface area contributed by atoms with Crippen LogP contribution in [0.15, 0.2) is 71.8 Å². The molecule has 3 aromatic carbocycles. The van der Waals surface area contributed by atoms with Crippen molar-refractivity contribution in [3.8, 4) is 18.1 Å². The molecule has 0 saturated carbocycles. The minimum Gasteiger partial charge on any atom is -0.480 e. The van der Waals surface area contributed by atoms with Crippen LogP contribution in [-0.4, -0.2) is 27.7 Å². The smallest absolute Gasteiger partial charge is 0.216 e. The zero-order valence-corrected chi connectivity index (χ0v) is 16.4. The van der Waals surface area contributed by atoms with Gasteiger partial charge >= 0.3 is 0 Å². The second-order valence-electron chi connectivity index (χ2n) is 6.35. The van der Waals surface area contributed by atoms with E-state index in [0.29, 0.717) is 16.9 Å². The van der Waals surface area contributed by atoms with Gasteiger partial charge in [-0.15, -0.1) is 6.42 Å². The van der Waals surface area contributed by atoms with E-state index in [2.05, 4.69) is 45.5 Å². The van der Waals surface area contributed by atoms with E-state index in [1.165, 1.54) is 10.8 Å². The van der Waals surface area contributed by atoms with Gasteiger partial charge in [0.15, 0.2) is 5.82 Å². The van der Waals surface area contributed by atoms with Crippen molar-refractivity contribution in [2.24, 2.45) is 5.10 Å². The van der Waals surface area contributed by atoms with Gasteiger partial charge in [0.2, 0.25) is 4.77 Å². The molecule has 5 nitrogen and oxygen atoms in total. The predicted octanol–water partition coefficient (Wildman–Crippen LogP) is 4.58. The average molecular weight is 398 g/mol. The topological polar surface area (TPSA) is 55.2 Å². The number of terminal acetylenes is 1. The summed E-state index contributed by atoms with van der Waals surface area (Å²) in [6.45, 7) is 0.197. The van der Waals surface area contributed by atoms with Crippen LogP contribution in [0.25, 0.3) is 10.8 Å². The fourth-order valence-corrected chi connectivity index (χ4v) is 3.33. The lowest BCUT2D eigenvalue weighted by Crippen LogP contribution is -2.02. The molecule has 1 N–H and O–H groups in total. The fourth-order valence-electron chi connectivity index (χ4n) is 3.13. The highest BCUT2D eigenvalue weighted by molar-refractivity contribution is 7.71. The van der Waals surface area contributed by atoms with Gasteiger partial charge in [-0.25, -0.2) is 0 Å². The standard InChI is InChI=1S/C23H18N4OS/c1-2-14-28-21-13-6-4-9-19(21)16-24-27-22(25-26-23(27)29)15-18-11-7-10-17-8-3-5-12-20(17)18/h1,3-13,16H,14-15H2,(H,26,29)/b24-16-. The number of rotatable bonds is 6. The number of fused-ring (bicyclic) bond motifs is 1. The van der Waals surface area contributed by atoms with E-state index in [-0.39, 0.29) is 6.61 Å². The lowest BCUT2D eigenvalue weighted by molar-refractivity contribution is 0.370. The van der Waals surface area contributed by atoms with Crippen LogP contribution in [0.3, 0.4) is 0 Å². The number of para-hydroxylation sites is 1. The molecule has 0 atom stereocenters. The van der Waals surface area contributed by atoms with Crippen molar-refractivity contribution in [2.75, 3.05) is 6.61 Å². The normalized spacial score (nSPS) is 11.0. The molecule has 0 aliphatic heterocycles. The number of nitrogens with zero attached hydrogens (tertiary/aromatic N) is 3. The van der Waals surface area contributed by atoms with Crippen molar-refractivity contribution in [1.29, 1.82) is 0 Å². The van der Waals surface area contributed by atoms with Gasteiger partial charge in [0.1, 0.15) is 12.4 Å². The van der Waals surface area contributed by atoms with E-state index in [1.807, 2.05) is 42.5 Å². The minimum absolute atomic E-state index is 0.197. The van der Waals surface area contributed by atoms with Crippen LogP contribution in [0.5, 0.6) is 5.75 Å². The molecule has 0 unspecified atom stereocenters. The van der Waals surface area contributed by atoms with Crippen molar-refractivity contribution in [3.05, 3.63) is 88.5 Å². The summed E-state index contributed by atoms with van der Waals surface area (Å²) >= 11 is 5.38. The first kappa shape index (κ1) is 18.7. The molecule has 0 aliphatic rings. The number of benzene rings is 3. The molecule has 4 rings (SSSR count). The zero-order chi connectivity index (χ0) is 20.1. The maximum Gasteiger partial charge on any atom is 0.216 e. The molecule has 0 fully saturated rings. The van der Waals surface area contributed by atoms with Crippen molar-refractivity contribution >= 4 is 29.2 Å². The third kappa shape index (κ3) is 4.10. The number of aromatic nitrogens is 3. The molecule has 0 bridgehead atoms. The Balaban J connectivity index is 1.66. The molecule has 29 heavy (non-hydrogen) atoms. The molecule has 1 heterocycles. The summed E-state index contributed by atoms with van der Waals surface area (Å²) in [5.74, 6) is 3.86. The number of H-pyrrole nitrogens is 1. The van der Waals surface area contributed by atoms with Crippen molar-refractivity contribution < 1.29 is 4.74 Å². The van der Waals surface area contributed by atoms with Crippen LogP contribution in [0.2, 0.25) is 0 Å². The molecule has 1 aromatic heterocycles. The highest BCUT2D eigenvalue weighted by Gasteiger charge is 2.09. The lowest BCUT2D eigenvalue weighted by atomic mass is 10.0. The Bertz CT molecular complexity index is 1270. The molecule has 0 radical (unpaired) electrons. The van der Waals surface area contributed by atoms with Gasteiger partial charge in [-0.2, -0.15) is 14.9 Å². The maximum absolute atomic E-state index is 5.57. The fraction of sp³-hybridized carbons (Fsp3) is 0.0870. The minimum atomic E-state index is 0.197.